The van der Waals surface area contributed by atoms with Crippen LogP contribution in [-0.2, 0) is 19.6 Å². The van der Waals surface area contributed by atoms with E-state index < -0.39 is 21.5 Å². The highest BCUT2D eigenvalue weighted by Crippen LogP contribution is 2.42. The summed E-state index contributed by atoms with van der Waals surface area (Å²) in [6.45, 7) is 1.10. The van der Waals surface area contributed by atoms with Gasteiger partial charge < -0.3 is 14.2 Å². The lowest BCUT2D eigenvalue weighted by atomic mass is 9.97. The molecule has 130 valence electrons. The smallest absolute Gasteiger partial charge is 0.327 e. The Morgan fingerprint density at radius 2 is 1.67 bits per heavy atom. The number of carbonyl (C=O) groups excluding carboxylic acids is 1. The van der Waals surface area contributed by atoms with Gasteiger partial charge in [0.2, 0.25) is 10.0 Å². The van der Waals surface area contributed by atoms with Crippen LogP contribution in [0.2, 0.25) is 0 Å². The molecule has 24 heavy (non-hydrogen) atoms. The normalized spacial score (nSPS) is 23.2. The predicted molar refractivity (Wildman–Crippen MR) is 83.5 cm³/mol. The number of hydrogen-bond donors (Lipinski definition) is 0. The number of benzene rings is 1. The first-order chi connectivity index (χ1) is 11.5. The Hall–Kier alpha value is -1.80. The van der Waals surface area contributed by atoms with Crippen molar-refractivity contribution >= 4 is 16.0 Å². The van der Waals surface area contributed by atoms with E-state index in [9.17, 15) is 13.2 Å². The van der Waals surface area contributed by atoms with Crippen molar-refractivity contribution in [1.82, 2.24) is 4.31 Å². The average molecular weight is 353 g/mol. The number of fused-ring (bicyclic) bond motifs is 1. The number of ether oxygens (including phenoxy) is 3. The highest BCUT2D eigenvalue weighted by molar-refractivity contribution is 7.89. The molecule has 1 aromatic rings. The molecule has 7 nitrogen and oxygen atoms in total. The molecule has 2 aliphatic heterocycles. The molecule has 0 N–H and O–H groups in total. The summed E-state index contributed by atoms with van der Waals surface area (Å²) in [6, 6.07) is 4.59. The quantitative estimate of drug-likeness (QED) is 0.746. The van der Waals surface area contributed by atoms with Crippen molar-refractivity contribution in [2.45, 2.75) is 36.1 Å². The summed E-state index contributed by atoms with van der Waals surface area (Å²) in [5, 5.41) is 0. The van der Waals surface area contributed by atoms with E-state index in [2.05, 4.69) is 0 Å². The van der Waals surface area contributed by atoms with Crippen LogP contribution in [0.3, 0.4) is 0 Å². The van der Waals surface area contributed by atoms with Gasteiger partial charge in [-0.25, -0.2) is 8.42 Å². The molecule has 0 bridgehead atoms. The summed E-state index contributed by atoms with van der Waals surface area (Å²) in [5.74, 6) is 0.531. The first-order valence-corrected chi connectivity index (χ1v) is 9.58. The van der Waals surface area contributed by atoms with Crippen LogP contribution >= 0.6 is 0 Å². The van der Waals surface area contributed by atoms with Crippen LogP contribution in [0.25, 0.3) is 0 Å². The van der Waals surface area contributed by atoms with E-state index in [1.165, 1.54) is 16.4 Å². The summed E-state index contributed by atoms with van der Waals surface area (Å²) in [6.07, 6.45) is 2.66. The molecule has 4 rings (SSSR count). The Kier molecular flexibility index (Phi) is 3.69. The van der Waals surface area contributed by atoms with Gasteiger partial charge in [0.1, 0.15) is 25.4 Å². The molecule has 0 atom stereocenters. The predicted octanol–water partition coefficient (Wildman–Crippen LogP) is 1.32. The van der Waals surface area contributed by atoms with E-state index in [1.54, 1.807) is 6.07 Å². The third kappa shape index (κ3) is 2.28. The molecular weight excluding hydrogens is 334 g/mol. The third-order valence-electron chi connectivity index (χ3n) is 4.92. The second kappa shape index (κ2) is 5.63. The van der Waals surface area contributed by atoms with Gasteiger partial charge in [-0.1, -0.05) is 12.8 Å². The van der Waals surface area contributed by atoms with Gasteiger partial charge in [-0.15, -0.1) is 0 Å². The fraction of sp³-hybridized carbons (Fsp3) is 0.562. The zero-order valence-electron chi connectivity index (χ0n) is 13.2. The Bertz CT molecular complexity index is 769. The molecule has 1 saturated heterocycles. The van der Waals surface area contributed by atoms with Crippen LogP contribution in [0.4, 0.5) is 0 Å². The van der Waals surface area contributed by atoms with E-state index >= 15 is 0 Å². The lowest BCUT2D eigenvalue weighted by Crippen LogP contribution is -2.60. The van der Waals surface area contributed by atoms with Gasteiger partial charge >= 0.3 is 5.97 Å². The van der Waals surface area contributed by atoms with Gasteiger partial charge in [-0.05, 0) is 25.0 Å². The van der Waals surface area contributed by atoms with Crippen LogP contribution < -0.4 is 9.47 Å². The van der Waals surface area contributed by atoms with Gasteiger partial charge in [0.05, 0.1) is 4.90 Å². The summed E-state index contributed by atoms with van der Waals surface area (Å²) in [7, 11) is -3.82. The molecule has 0 radical (unpaired) electrons. The fourth-order valence-corrected chi connectivity index (χ4v) is 5.53. The number of cyclic esters (lactones) is 1. The van der Waals surface area contributed by atoms with Crippen molar-refractivity contribution in [2.75, 3.05) is 26.4 Å². The zero-order chi connectivity index (χ0) is 16.8. The molecule has 2 heterocycles. The largest absolute Gasteiger partial charge is 0.486 e. The summed E-state index contributed by atoms with van der Waals surface area (Å²) in [5.41, 5.74) is -1.05. The monoisotopic (exact) mass is 353 g/mol. The third-order valence-corrected chi connectivity index (χ3v) is 6.88. The van der Waals surface area contributed by atoms with E-state index in [1.807, 2.05) is 0 Å². The minimum absolute atomic E-state index is 0.0877. The maximum Gasteiger partial charge on any atom is 0.327 e. The second-order valence-corrected chi connectivity index (χ2v) is 8.12. The van der Waals surface area contributed by atoms with E-state index in [0.29, 0.717) is 37.6 Å². The van der Waals surface area contributed by atoms with Crippen molar-refractivity contribution in [3.05, 3.63) is 18.2 Å². The van der Waals surface area contributed by atoms with Crippen LogP contribution in [0.5, 0.6) is 11.5 Å². The topological polar surface area (TPSA) is 82.1 Å². The Labute approximate surface area is 140 Å². The standard InChI is InChI=1S/C16H19NO6S/c18-15-16(5-1-2-6-16)17(7-8-23-15)24(19,20)12-3-4-13-14(11-12)22-10-9-21-13/h3-4,11H,1-2,5-10H2. The molecule has 2 fully saturated rings. The molecular formula is C16H19NO6S. The minimum Gasteiger partial charge on any atom is -0.486 e. The number of nitrogens with zero attached hydrogens (tertiary/aromatic N) is 1. The van der Waals surface area contributed by atoms with Crippen molar-refractivity contribution in [1.29, 1.82) is 0 Å². The van der Waals surface area contributed by atoms with Gasteiger partial charge in [0.15, 0.2) is 11.5 Å². The summed E-state index contributed by atoms with van der Waals surface area (Å²) < 4.78 is 43.8. The molecule has 0 aromatic heterocycles. The van der Waals surface area contributed by atoms with E-state index in [4.69, 9.17) is 14.2 Å². The molecule has 0 unspecified atom stereocenters. The van der Waals surface area contributed by atoms with Crippen molar-refractivity contribution in [3.8, 4) is 11.5 Å². The highest BCUT2D eigenvalue weighted by Gasteiger charge is 2.54. The minimum atomic E-state index is -3.82. The first-order valence-electron chi connectivity index (χ1n) is 8.14. The lowest BCUT2D eigenvalue weighted by molar-refractivity contribution is -0.162. The number of esters is 1. The van der Waals surface area contributed by atoms with Crippen LogP contribution in [0.15, 0.2) is 23.1 Å². The SMILES string of the molecule is O=C1OCCN(S(=O)(=O)c2ccc3c(c2)OCCO3)C12CCCC2. The van der Waals surface area contributed by atoms with Crippen molar-refractivity contribution in [2.24, 2.45) is 0 Å². The molecule has 1 spiro atoms. The van der Waals surface area contributed by atoms with Crippen LogP contribution in [0.1, 0.15) is 25.7 Å². The number of hydrogen-bond acceptors (Lipinski definition) is 6. The molecule has 0 amide bonds. The van der Waals surface area contributed by atoms with E-state index in [0.717, 1.165) is 12.8 Å². The Balaban J connectivity index is 1.75. The van der Waals surface area contributed by atoms with Gasteiger partial charge in [0.25, 0.3) is 0 Å². The van der Waals surface area contributed by atoms with Gasteiger partial charge in [-0.3, -0.25) is 4.79 Å². The van der Waals surface area contributed by atoms with Crippen molar-refractivity contribution < 1.29 is 27.4 Å². The van der Waals surface area contributed by atoms with Crippen LogP contribution in [-0.4, -0.2) is 50.6 Å². The number of rotatable bonds is 2. The maximum atomic E-state index is 13.2. The first kappa shape index (κ1) is 15.7. The summed E-state index contributed by atoms with van der Waals surface area (Å²) >= 11 is 0. The summed E-state index contributed by atoms with van der Waals surface area (Å²) in [4.78, 5) is 12.5. The van der Waals surface area contributed by atoms with Crippen molar-refractivity contribution in [3.63, 3.8) is 0 Å². The Morgan fingerprint density at radius 1 is 0.958 bits per heavy atom. The highest BCUT2D eigenvalue weighted by atomic mass is 32.2. The molecule has 8 heteroatoms. The maximum absolute atomic E-state index is 13.2. The fourth-order valence-electron chi connectivity index (χ4n) is 3.75. The van der Waals surface area contributed by atoms with Crippen LogP contribution in [0, 0.1) is 0 Å². The van der Waals surface area contributed by atoms with E-state index in [-0.39, 0.29) is 18.0 Å². The number of morpholine rings is 1. The lowest BCUT2D eigenvalue weighted by Gasteiger charge is -2.41. The molecule has 1 saturated carbocycles. The average Bonchev–Trinajstić information content (AvgIpc) is 3.07. The van der Waals surface area contributed by atoms with Gasteiger partial charge in [-0.2, -0.15) is 4.31 Å². The number of carbonyl (C=O) groups is 1. The molecule has 1 aromatic carbocycles. The zero-order valence-corrected chi connectivity index (χ0v) is 14.0. The second-order valence-electron chi connectivity index (χ2n) is 6.26. The number of sulfonamides is 1. The Morgan fingerprint density at radius 3 is 2.42 bits per heavy atom. The van der Waals surface area contributed by atoms with Gasteiger partial charge in [0, 0.05) is 12.6 Å². The molecule has 3 aliphatic rings. The molecule has 1 aliphatic carbocycles.